The molecule has 1 unspecified atom stereocenters. The summed E-state index contributed by atoms with van der Waals surface area (Å²) in [6.07, 6.45) is 0.969. The molecule has 1 aliphatic heterocycles. The van der Waals surface area contributed by atoms with Gasteiger partial charge in [0.15, 0.2) is 9.84 Å². The zero-order chi connectivity index (χ0) is 22.4. The number of aliphatic hydroxyl groups is 1. The van der Waals surface area contributed by atoms with Crippen LogP contribution in [0.25, 0.3) is 0 Å². The first kappa shape index (κ1) is 22.4. The molecule has 1 fully saturated rings. The number of rotatable bonds is 6. The molecule has 1 saturated heterocycles. The number of likely N-dealkylation sites (tertiary alicyclic amines) is 1. The summed E-state index contributed by atoms with van der Waals surface area (Å²) in [5.41, 5.74) is -0.835. The van der Waals surface area contributed by atoms with Crippen molar-refractivity contribution in [1.29, 1.82) is 0 Å². The Kier molecular flexibility index (Phi) is 5.95. The summed E-state index contributed by atoms with van der Waals surface area (Å²) in [5, 5.41) is 12.4. The second-order valence-corrected chi connectivity index (χ2v) is 11.4. The molecule has 164 valence electrons. The molecule has 0 bridgehead atoms. The van der Waals surface area contributed by atoms with Crippen LogP contribution in [0, 0.1) is 11.6 Å². The van der Waals surface area contributed by atoms with Crippen LogP contribution in [0.3, 0.4) is 0 Å². The van der Waals surface area contributed by atoms with Crippen LogP contribution in [0.15, 0.2) is 60.0 Å². The molecule has 2 heterocycles. The molecule has 1 aromatic heterocycles. The average Bonchev–Trinajstić information content (AvgIpc) is 3.14. The molecule has 3 aromatic rings. The Labute approximate surface area is 188 Å². The molecular formula is C22H20ClF2NO3S2. The van der Waals surface area contributed by atoms with E-state index in [1.54, 1.807) is 23.5 Å². The summed E-state index contributed by atoms with van der Waals surface area (Å²) >= 11 is 7.57. The quantitative estimate of drug-likeness (QED) is 0.556. The maximum atomic E-state index is 13.8. The molecule has 0 aliphatic carbocycles. The Morgan fingerprint density at radius 3 is 2.19 bits per heavy atom. The van der Waals surface area contributed by atoms with Gasteiger partial charge in [-0.25, -0.2) is 17.2 Å². The molecule has 0 radical (unpaired) electrons. The average molecular weight is 484 g/mol. The van der Waals surface area contributed by atoms with Gasteiger partial charge in [0.1, 0.15) is 22.5 Å². The van der Waals surface area contributed by atoms with Crippen molar-refractivity contribution in [3.63, 3.8) is 0 Å². The number of hydrogen-bond donors (Lipinski definition) is 1. The monoisotopic (exact) mass is 483 g/mol. The molecule has 4 nitrogen and oxygen atoms in total. The second kappa shape index (κ2) is 8.26. The molecule has 1 N–H and O–H groups in total. The Morgan fingerprint density at radius 1 is 1.06 bits per heavy atom. The summed E-state index contributed by atoms with van der Waals surface area (Å²) in [6.45, 7) is 0.0438. The van der Waals surface area contributed by atoms with Gasteiger partial charge in [-0.3, -0.25) is 4.90 Å². The van der Waals surface area contributed by atoms with Crippen molar-refractivity contribution in [3.05, 3.63) is 92.6 Å². The van der Waals surface area contributed by atoms with Crippen molar-refractivity contribution in [1.82, 2.24) is 4.90 Å². The van der Waals surface area contributed by atoms with Gasteiger partial charge < -0.3 is 5.11 Å². The first-order chi connectivity index (χ1) is 14.6. The molecular weight excluding hydrogens is 464 g/mol. The van der Waals surface area contributed by atoms with E-state index in [2.05, 4.69) is 0 Å². The predicted molar refractivity (Wildman–Crippen MR) is 118 cm³/mol. The van der Waals surface area contributed by atoms with Gasteiger partial charge in [0.2, 0.25) is 0 Å². The first-order valence-corrected chi connectivity index (χ1v) is 12.7. The highest BCUT2D eigenvalue weighted by Crippen LogP contribution is 2.45. The third kappa shape index (κ3) is 4.54. The maximum absolute atomic E-state index is 13.8. The molecule has 2 atom stereocenters. The Bertz CT molecular complexity index is 1160. The number of β-amino-alcohol motifs (C(OH)–C–C–N with tert-alkyl or cyclic N) is 1. The van der Waals surface area contributed by atoms with Gasteiger partial charge >= 0.3 is 0 Å². The van der Waals surface area contributed by atoms with E-state index in [1.807, 2.05) is 34.5 Å². The van der Waals surface area contributed by atoms with Gasteiger partial charge in [-0.15, -0.1) is 11.3 Å². The standard InChI is InChI=1S/C22H20ClF2NO3S2/c1-31(28,29)21(15-9-17(24)11-18(25)10-15)22(27)12-26(13-22)20(19-3-2-8-30-19)14-4-6-16(23)7-5-14/h2-11,20-21,27H,12-13H2,1H3/t20?,21-/m1/s1. The van der Waals surface area contributed by atoms with Gasteiger partial charge in [0, 0.05) is 35.3 Å². The van der Waals surface area contributed by atoms with E-state index < -0.39 is 32.3 Å². The van der Waals surface area contributed by atoms with Crippen molar-refractivity contribution < 1.29 is 22.3 Å². The van der Waals surface area contributed by atoms with E-state index in [9.17, 15) is 22.3 Å². The van der Waals surface area contributed by atoms with E-state index in [0.717, 1.165) is 28.8 Å². The second-order valence-electron chi connectivity index (χ2n) is 7.89. The van der Waals surface area contributed by atoms with Crippen LogP contribution in [0.1, 0.15) is 27.3 Å². The lowest BCUT2D eigenvalue weighted by atomic mass is 9.84. The number of sulfone groups is 1. The lowest BCUT2D eigenvalue weighted by Crippen LogP contribution is -2.66. The number of hydrogen-bond acceptors (Lipinski definition) is 5. The summed E-state index contributed by atoms with van der Waals surface area (Å²) in [4.78, 5) is 2.97. The summed E-state index contributed by atoms with van der Waals surface area (Å²) in [5.74, 6) is -1.78. The summed E-state index contributed by atoms with van der Waals surface area (Å²) < 4.78 is 52.7. The van der Waals surface area contributed by atoms with Crippen LogP contribution in [-0.2, 0) is 9.84 Å². The Morgan fingerprint density at radius 2 is 1.68 bits per heavy atom. The topological polar surface area (TPSA) is 57.6 Å². The van der Waals surface area contributed by atoms with Crippen molar-refractivity contribution in [3.8, 4) is 0 Å². The predicted octanol–water partition coefficient (Wildman–Crippen LogP) is 4.60. The minimum atomic E-state index is -3.87. The molecule has 0 amide bonds. The van der Waals surface area contributed by atoms with Crippen molar-refractivity contribution in [2.24, 2.45) is 0 Å². The van der Waals surface area contributed by atoms with Crippen LogP contribution in [0.4, 0.5) is 8.78 Å². The minimum absolute atomic E-state index is 0.0219. The molecule has 1 aliphatic rings. The van der Waals surface area contributed by atoms with Crippen LogP contribution in [-0.4, -0.2) is 43.4 Å². The van der Waals surface area contributed by atoms with Crippen LogP contribution >= 0.6 is 22.9 Å². The normalized spacial score (nSPS) is 18.4. The van der Waals surface area contributed by atoms with Crippen LogP contribution < -0.4 is 0 Å². The number of benzene rings is 2. The zero-order valence-corrected chi connectivity index (χ0v) is 18.9. The van der Waals surface area contributed by atoms with E-state index >= 15 is 0 Å². The summed E-state index contributed by atoms with van der Waals surface area (Å²) in [6, 6.07) is 13.6. The summed E-state index contributed by atoms with van der Waals surface area (Å²) in [7, 11) is -3.87. The van der Waals surface area contributed by atoms with Gasteiger partial charge in [0.25, 0.3) is 0 Å². The molecule has 0 spiro atoms. The lowest BCUT2D eigenvalue weighted by molar-refractivity contribution is -0.112. The highest BCUT2D eigenvalue weighted by atomic mass is 35.5. The fourth-order valence-electron chi connectivity index (χ4n) is 4.33. The molecule has 2 aromatic carbocycles. The minimum Gasteiger partial charge on any atom is -0.385 e. The third-order valence-corrected chi connectivity index (χ3v) is 8.17. The number of halogens is 3. The van der Waals surface area contributed by atoms with E-state index in [1.165, 1.54) is 0 Å². The van der Waals surface area contributed by atoms with Gasteiger partial charge in [-0.2, -0.15) is 0 Å². The van der Waals surface area contributed by atoms with E-state index in [0.29, 0.717) is 11.1 Å². The van der Waals surface area contributed by atoms with Crippen LogP contribution in [0.2, 0.25) is 5.02 Å². The van der Waals surface area contributed by atoms with E-state index in [-0.39, 0.29) is 24.7 Å². The van der Waals surface area contributed by atoms with Crippen molar-refractivity contribution in [2.75, 3.05) is 19.3 Å². The third-order valence-electron chi connectivity index (χ3n) is 5.42. The maximum Gasteiger partial charge on any atom is 0.157 e. The van der Waals surface area contributed by atoms with Gasteiger partial charge in [0.05, 0.1) is 6.04 Å². The molecule has 31 heavy (non-hydrogen) atoms. The number of thiophene rings is 1. The SMILES string of the molecule is CS(=O)(=O)[C@H](c1cc(F)cc(F)c1)C1(O)CN(C(c2ccc(Cl)cc2)c2cccs2)C1. The highest BCUT2D eigenvalue weighted by Gasteiger charge is 2.54. The molecule has 0 saturated carbocycles. The fraction of sp³-hybridized carbons (Fsp3) is 0.273. The zero-order valence-electron chi connectivity index (χ0n) is 16.5. The fourth-order valence-corrected chi connectivity index (χ4v) is 6.92. The Hall–Kier alpha value is -1.84. The lowest BCUT2D eigenvalue weighted by Gasteiger charge is -2.52. The number of nitrogens with zero attached hydrogens (tertiary/aromatic N) is 1. The smallest absolute Gasteiger partial charge is 0.157 e. The van der Waals surface area contributed by atoms with E-state index in [4.69, 9.17) is 11.6 Å². The Balaban J connectivity index is 1.68. The van der Waals surface area contributed by atoms with Gasteiger partial charge in [-0.1, -0.05) is 29.8 Å². The highest BCUT2D eigenvalue weighted by molar-refractivity contribution is 7.91. The van der Waals surface area contributed by atoms with Crippen molar-refractivity contribution in [2.45, 2.75) is 16.9 Å². The van der Waals surface area contributed by atoms with Gasteiger partial charge in [-0.05, 0) is 46.8 Å². The van der Waals surface area contributed by atoms with Crippen molar-refractivity contribution >= 4 is 32.8 Å². The molecule has 9 heteroatoms. The first-order valence-electron chi connectivity index (χ1n) is 9.47. The van der Waals surface area contributed by atoms with Crippen LogP contribution in [0.5, 0.6) is 0 Å². The largest absolute Gasteiger partial charge is 0.385 e. The molecule has 4 rings (SSSR count).